The fourth-order valence-corrected chi connectivity index (χ4v) is 2.08. The molecule has 1 heterocycles. The first kappa shape index (κ1) is 15.1. The zero-order valence-corrected chi connectivity index (χ0v) is 11.4. The summed E-state index contributed by atoms with van der Waals surface area (Å²) < 4.78 is 40.7. The lowest BCUT2D eigenvalue weighted by atomic mass is 9.86. The van der Waals surface area contributed by atoms with Crippen LogP contribution in [0, 0.1) is 23.7 Å². The number of alkyl halides is 3. The zero-order chi connectivity index (χ0) is 15.7. The SMILES string of the molecule is CC#CC#CC1(C(F)(F)F)NC(=O)Nc2ccc(Cl)cc21. The van der Waals surface area contributed by atoms with Crippen LogP contribution < -0.4 is 10.6 Å². The molecule has 1 atom stereocenters. The van der Waals surface area contributed by atoms with Crippen LogP contribution in [-0.4, -0.2) is 12.2 Å². The first-order valence-electron chi connectivity index (χ1n) is 5.70. The summed E-state index contributed by atoms with van der Waals surface area (Å²) in [6, 6.07) is 2.79. The van der Waals surface area contributed by atoms with E-state index in [0.717, 1.165) is 6.07 Å². The molecule has 1 aliphatic rings. The smallest absolute Gasteiger partial charge is 0.310 e. The lowest BCUT2D eigenvalue weighted by Gasteiger charge is -2.37. The number of hydrogen-bond acceptors (Lipinski definition) is 1. The van der Waals surface area contributed by atoms with Crippen LogP contribution in [0.3, 0.4) is 0 Å². The quantitative estimate of drug-likeness (QED) is 0.709. The van der Waals surface area contributed by atoms with Gasteiger partial charge in [-0.2, -0.15) is 13.2 Å². The third-order valence-electron chi connectivity index (χ3n) is 2.80. The molecule has 2 rings (SSSR count). The summed E-state index contributed by atoms with van der Waals surface area (Å²) in [5.74, 6) is 8.74. The standard InChI is InChI=1S/C14H8ClF3N2O/c1-2-3-4-7-13(14(16,17)18)10-8-9(15)5-6-11(10)19-12(21)20-13/h5-6,8H,1H3,(H2,19,20,21). The number of halogens is 4. The van der Waals surface area contributed by atoms with Crippen LogP contribution in [0.1, 0.15) is 12.5 Å². The van der Waals surface area contributed by atoms with Crippen LogP contribution in [0.5, 0.6) is 0 Å². The van der Waals surface area contributed by atoms with Crippen LogP contribution in [0.4, 0.5) is 23.7 Å². The van der Waals surface area contributed by atoms with Crippen molar-refractivity contribution in [2.24, 2.45) is 0 Å². The van der Waals surface area contributed by atoms with Crippen molar-refractivity contribution in [3.05, 3.63) is 28.8 Å². The van der Waals surface area contributed by atoms with Gasteiger partial charge in [-0.3, -0.25) is 0 Å². The first-order valence-corrected chi connectivity index (χ1v) is 6.08. The van der Waals surface area contributed by atoms with Gasteiger partial charge in [-0.1, -0.05) is 17.5 Å². The maximum atomic E-state index is 13.6. The molecule has 7 heteroatoms. The number of carbonyl (C=O) groups excluding carboxylic acids is 1. The number of hydrogen-bond donors (Lipinski definition) is 2. The van der Waals surface area contributed by atoms with E-state index in [-0.39, 0.29) is 16.3 Å². The average Bonchev–Trinajstić information content (AvgIpc) is 2.38. The summed E-state index contributed by atoms with van der Waals surface area (Å²) in [7, 11) is 0. The van der Waals surface area contributed by atoms with Crippen molar-refractivity contribution in [3.8, 4) is 23.7 Å². The highest BCUT2D eigenvalue weighted by molar-refractivity contribution is 6.30. The zero-order valence-electron chi connectivity index (χ0n) is 10.7. The lowest BCUT2D eigenvalue weighted by molar-refractivity contribution is -0.178. The lowest BCUT2D eigenvalue weighted by Crippen LogP contribution is -2.59. The Labute approximate surface area is 123 Å². The van der Waals surface area contributed by atoms with E-state index in [9.17, 15) is 18.0 Å². The van der Waals surface area contributed by atoms with Gasteiger partial charge in [0.05, 0.1) is 0 Å². The Balaban J connectivity index is 2.76. The van der Waals surface area contributed by atoms with Crippen molar-refractivity contribution in [1.29, 1.82) is 0 Å². The highest BCUT2D eigenvalue weighted by Gasteiger charge is 2.59. The fraction of sp³-hybridized carbons (Fsp3) is 0.214. The molecule has 1 aliphatic heterocycles. The molecule has 3 nitrogen and oxygen atoms in total. The maximum absolute atomic E-state index is 13.6. The second kappa shape index (κ2) is 5.23. The first-order chi connectivity index (χ1) is 9.80. The second-order valence-corrected chi connectivity index (χ2v) is 4.58. The van der Waals surface area contributed by atoms with Crippen LogP contribution in [0.2, 0.25) is 5.02 Å². The number of rotatable bonds is 0. The molecule has 2 N–H and O–H groups in total. The average molecular weight is 313 g/mol. The molecular weight excluding hydrogens is 305 g/mol. The number of nitrogens with one attached hydrogen (secondary N) is 2. The van der Waals surface area contributed by atoms with Crippen LogP contribution in [0.15, 0.2) is 18.2 Å². The van der Waals surface area contributed by atoms with Crippen molar-refractivity contribution in [3.63, 3.8) is 0 Å². The minimum atomic E-state index is -4.84. The maximum Gasteiger partial charge on any atom is 0.427 e. The number of anilines is 1. The number of urea groups is 1. The Kier molecular flexibility index (Phi) is 3.76. The highest BCUT2D eigenvalue weighted by Crippen LogP contribution is 2.44. The summed E-state index contributed by atoms with van der Waals surface area (Å²) in [5.41, 5.74) is -3.12. The summed E-state index contributed by atoms with van der Waals surface area (Å²) in [4.78, 5) is 11.5. The van der Waals surface area contributed by atoms with E-state index in [1.807, 2.05) is 11.2 Å². The molecule has 0 bridgehead atoms. The molecule has 0 saturated heterocycles. The third kappa shape index (κ3) is 2.63. The Morgan fingerprint density at radius 2 is 2.00 bits per heavy atom. The third-order valence-corrected chi connectivity index (χ3v) is 3.03. The van der Waals surface area contributed by atoms with Crippen molar-refractivity contribution < 1.29 is 18.0 Å². The van der Waals surface area contributed by atoms with E-state index in [0.29, 0.717) is 0 Å². The molecule has 1 aromatic carbocycles. The molecule has 0 radical (unpaired) electrons. The molecule has 0 aromatic heterocycles. The van der Waals surface area contributed by atoms with Gasteiger partial charge >= 0.3 is 12.2 Å². The molecule has 21 heavy (non-hydrogen) atoms. The number of amides is 2. The van der Waals surface area contributed by atoms with Crippen LogP contribution in [-0.2, 0) is 5.54 Å². The van der Waals surface area contributed by atoms with E-state index in [1.54, 1.807) is 0 Å². The van der Waals surface area contributed by atoms with Crippen LogP contribution >= 0.6 is 11.6 Å². The number of benzene rings is 1. The summed E-state index contributed by atoms with van der Waals surface area (Å²) in [6.07, 6.45) is -4.84. The van der Waals surface area contributed by atoms with Crippen molar-refractivity contribution in [2.45, 2.75) is 18.6 Å². The van der Waals surface area contributed by atoms with Gasteiger partial charge in [-0.05, 0) is 42.9 Å². The minimum absolute atomic E-state index is 0.000711. The largest absolute Gasteiger partial charge is 0.427 e. The van der Waals surface area contributed by atoms with Crippen molar-refractivity contribution >= 4 is 23.3 Å². The number of fused-ring (bicyclic) bond motifs is 1. The molecule has 0 fully saturated rings. The summed E-state index contributed by atoms with van der Waals surface area (Å²) in [5, 5.41) is 4.23. The Morgan fingerprint density at radius 3 is 2.62 bits per heavy atom. The Hall–Kier alpha value is -2.31. The molecule has 1 aromatic rings. The van der Waals surface area contributed by atoms with Gasteiger partial charge in [0, 0.05) is 16.3 Å². The van der Waals surface area contributed by atoms with E-state index in [2.05, 4.69) is 23.1 Å². The van der Waals surface area contributed by atoms with Crippen molar-refractivity contribution in [1.82, 2.24) is 5.32 Å². The molecule has 108 valence electrons. The molecule has 2 amide bonds. The number of carbonyl (C=O) groups is 1. The molecule has 0 saturated carbocycles. The minimum Gasteiger partial charge on any atom is -0.310 e. The Bertz CT molecular complexity index is 722. The molecular formula is C14H8ClF3N2O. The molecule has 1 unspecified atom stereocenters. The van der Waals surface area contributed by atoms with E-state index >= 15 is 0 Å². The summed E-state index contributed by atoms with van der Waals surface area (Å²) in [6.45, 7) is 1.45. The fourth-order valence-electron chi connectivity index (χ4n) is 1.91. The Morgan fingerprint density at radius 1 is 1.29 bits per heavy atom. The predicted octanol–water partition coefficient (Wildman–Crippen LogP) is 3.26. The van der Waals surface area contributed by atoms with Gasteiger partial charge in [-0.15, -0.1) is 0 Å². The van der Waals surface area contributed by atoms with Gasteiger partial charge < -0.3 is 10.6 Å². The molecule has 0 aliphatic carbocycles. The van der Waals surface area contributed by atoms with Gasteiger partial charge in [0.15, 0.2) is 0 Å². The van der Waals surface area contributed by atoms with Gasteiger partial charge in [-0.25, -0.2) is 4.79 Å². The monoisotopic (exact) mass is 312 g/mol. The van der Waals surface area contributed by atoms with E-state index in [4.69, 9.17) is 11.6 Å². The highest BCUT2D eigenvalue weighted by atomic mass is 35.5. The predicted molar refractivity (Wildman–Crippen MR) is 72.6 cm³/mol. The van der Waals surface area contributed by atoms with Crippen LogP contribution in [0.25, 0.3) is 0 Å². The van der Waals surface area contributed by atoms with Gasteiger partial charge in [0.2, 0.25) is 5.54 Å². The van der Waals surface area contributed by atoms with E-state index < -0.39 is 17.7 Å². The molecule has 0 spiro atoms. The van der Waals surface area contributed by atoms with Gasteiger partial charge in [0.25, 0.3) is 0 Å². The topological polar surface area (TPSA) is 41.1 Å². The second-order valence-electron chi connectivity index (χ2n) is 4.14. The summed E-state index contributed by atoms with van der Waals surface area (Å²) >= 11 is 5.77. The van der Waals surface area contributed by atoms with Gasteiger partial charge in [0.1, 0.15) is 0 Å². The normalized spacial score (nSPS) is 20.0. The van der Waals surface area contributed by atoms with E-state index in [1.165, 1.54) is 19.1 Å². The van der Waals surface area contributed by atoms with Crippen molar-refractivity contribution in [2.75, 3.05) is 5.32 Å².